The highest BCUT2D eigenvalue weighted by molar-refractivity contribution is 5.93. The van der Waals surface area contributed by atoms with Crippen LogP contribution in [0, 0.1) is 5.82 Å². The number of halogens is 1. The Balaban J connectivity index is 1.20. The first-order valence-electron chi connectivity index (χ1n) is 14.7. The van der Waals surface area contributed by atoms with Gasteiger partial charge in [0, 0.05) is 48.4 Å². The highest BCUT2D eigenvalue weighted by Crippen LogP contribution is 2.40. The highest BCUT2D eigenvalue weighted by Gasteiger charge is 2.29. The number of primary amides is 1. The first kappa shape index (κ1) is 28.4. The van der Waals surface area contributed by atoms with Crippen molar-refractivity contribution in [3.63, 3.8) is 0 Å². The molecule has 10 heteroatoms. The lowest BCUT2D eigenvalue weighted by Crippen LogP contribution is -2.27. The third-order valence-electron chi connectivity index (χ3n) is 8.26. The molecule has 0 radical (unpaired) electrons. The number of carbonyl (C=O) groups is 2. The van der Waals surface area contributed by atoms with Gasteiger partial charge in [-0.1, -0.05) is 30.3 Å². The van der Waals surface area contributed by atoms with Gasteiger partial charge in [-0.25, -0.2) is 18.7 Å². The third kappa shape index (κ3) is 6.09. The third-order valence-corrected chi connectivity index (χ3v) is 8.26. The van der Waals surface area contributed by atoms with Crippen molar-refractivity contribution in [2.24, 2.45) is 5.73 Å². The molecule has 2 amide bonds. The predicted octanol–water partition coefficient (Wildman–Crippen LogP) is 5.48. The number of allylic oxidation sites excluding steroid dienone is 2. The largest absolute Gasteiger partial charge is 0.444 e. The zero-order valence-electron chi connectivity index (χ0n) is 24.3. The highest BCUT2D eigenvalue weighted by atomic mass is 19.1. The van der Waals surface area contributed by atoms with Gasteiger partial charge in [-0.05, 0) is 74.1 Å². The summed E-state index contributed by atoms with van der Waals surface area (Å²) in [4.78, 5) is 30.9. The van der Waals surface area contributed by atoms with Crippen LogP contribution in [0.25, 0.3) is 22.5 Å². The summed E-state index contributed by atoms with van der Waals surface area (Å²) >= 11 is 0. The molecule has 3 N–H and O–H groups in total. The molecule has 222 valence electrons. The second kappa shape index (κ2) is 11.9. The van der Waals surface area contributed by atoms with Gasteiger partial charge in [-0.2, -0.15) is 5.10 Å². The minimum Gasteiger partial charge on any atom is -0.444 e. The number of hydrogen-bond donors (Lipinski definition) is 2. The molecular weight excluding hydrogens is 547 g/mol. The molecule has 1 saturated carbocycles. The van der Waals surface area contributed by atoms with Gasteiger partial charge >= 0.3 is 6.09 Å². The number of nitrogens with two attached hydrogens (primary N) is 1. The Morgan fingerprint density at radius 2 is 1.95 bits per heavy atom. The Morgan fingerprint density at radius 3 is 2.70 bits per heavy atom. The Morgan fingerprint density at radius 1 is 1.14 bits per heavy atom. The van der Waals surface area contributed by atoms with Gasteiger partial charge in [0.05, 0.1) is 12.2 Å². The van der Waals surface area contributed by atoms with Crippen molar-refractivity contribution in [2.75, 3.05) is 24.5 Å². The molecule has 1 saturated heterocycles. The normalized spacial score (nSPS) is 17.0. The topological polar surface area (TPSA) is 115 Å². The minimum absolute atomic E-state index is 0.243. The Labute approximate surface area is 249 Å². The summed E-state index contributed by atoms with van der Waals surface area (Å²) in [6.07, 6.45) is 4.32. The van der Waals surface area contributed by atoms with Gasteiger partial charge in [0.25, 0.3) is 5.91 Å². The smallest absolute Gasteiger partial charge is 0.404 e. The maximum Gasteiger partial charge on any atom is 0.404 e. The van der Waals surface area contributed by atoms with E-state index in [9.17, 15) is 9.59 Å². The molecule has 4 aromatic rings. The summed E-state index contributed by atoms with van der Waals surface area (Å²) in [6.45, 7) is 5.67. The van der Waals surface area contributed by atoms with Gasteiger partial charge in [0.2, 0.25) is 0 Å². The number of nitrogens with one attached hydrogen (secondary N) is 1. The van der Waals surface area contributed by atoms with Crippen molar-refractivity contribution in [3.8, 4) is 11.3 Å². The maximum atomic E-state index is 15.4. The second-order valence-corrected chi connectivity index (χ2v) is 11.2. The van der Waals surface area contributed by atoms with E-state index >= 15 is 4.39 Å². The summed E-state index contributed by atoms with van der Waals surface area (Å²) in [5, 5.41) is 7.73. The molecule has 0 bridgehead atoms. The maximum absolute atomic E-state index is 15.4. The monoisotopic (exact) mass is 582 g/mol. The minimum atomic E-state index is -0.805. The second-order valence-electron chi connectivity index (χ2n) is 11.2. The number of amides is 2. The van der Waals surface area contributed by atoms with E-state index < -0.39 is 11.9 Å². The predicted molar refractivity (Wildman–Crippen MR) is 163 cm³/mol. The first-order chi connectivity index (χ1) is 20.8. The van der Waals surface area contributed by atoms with E-state index in [4.69, 9.17) is 15.6 Å². The first-order valence-corrected chi connectivity index (χ1v) is 14.7. The van der Waals surface area contributed by atoms with Crippen LogP contribution in [-0.4, -0.2) is 52.3 Å². The van der Waals surface area contributed by atoms with Crippen LogP contribution < -0.4 is 16.0 Å². The zero-order chi connectivity index (χ0) is 30.1. The van der Waals surface area contributed by atoms with Crippen LogP contribution in [0.5, 0.6) is 0 Å². The quantitative estimate of drug-likeness (QED) is 0.270. The number of carbonyl (C=O) groups excluding carboxylic acids is 2. The van der Waals surface area contributed by atoms with E-state index in [2.05, 4.69) is 35.4 Å². The van der Waals surface area contributed by atoms with Crippen LogP contribution in [0.3, 0.4) is 0 Å². The number of fused-ring (bicyclic) bond motifs is 1. The Hall–Kier alpha value is -4.73. The molecule has 3 heterocycles. The molecule has 1 aliphatic heterocycles. The SMILES string of the molecule is C/C=C(/C)c1ccccc1CCNC(=O)c1cc(C2CC2)n2nc(-c3ccc(N4CC[C@@H](OC(N)=O)C4)cc3F)cc2n1. The lowest BCUT2D eigenvalue weighted by Gasteiger charge is -2.19. The van der Waals surface area contributed by atoms with Crippen molar-refractivity contribution in [1.82, 2.24) is 19.9 Å². The molecule has 2 fully saturated rings. The van der Waals surface area contributed by atoms with Crippen LogP contribution in [-0.2, 0) is 11.2 Å². The molecule has 1 aliphatic carbocycles. The summed E-state index contributed by atoms with van der Waals surface area (Å²) in [6, 6.07) is 16.8. The fraction of sp³-hybridized carbons (Fsp3) is 0.333. The molecular formula is C33H35FN6O3. The standard InChI is InChI=1S/C33H35FN6O3/c1-3-20(2)25-7-5-4-6-21(25)12-14-36-32(41)29-17-30(22-8-9-22)40-31(37-29)18-28(38-40)26-11-10-23(16-27(26)34)39-15-13-24(19-39)43-33(35)42/h3-7,10-11,16-18,22,24H,8-9,12-15,19H2,1-2H3,(H2,35,42)(H,36,41)/b20-3-/t24-/m1/s1. The summed E-state index contributed by atoms with van der Waals surface area (Å²) in [7, 11) is 0. The van der Waals surface area contributed by atoms with E-state index in [0.717, 1.165) is 18.5 Å². The number of nitrogens with zero attached hydrogens (tertiary/aromatic N) is 4. The van der Waals surface area contributed by atoms with E-state index in [0.29, 0.717) is 66.7 Å². The number of hydrogen-bond acceptors (Lipinski definition) is 6. The zero-order valence-corrected chi connectivity index (χ0v) is 24.3. The lowest BCUT2D eigenvalue weighted by molar-refractivity contribution is 0.0948. The van der Waals surface area contributed by atoms with Crippen LogP contribution in [0.4, 0.5) is 14.9 Å². The van der Waals surface area contributed by atoms with E-state index in [-0.39, 0.29) is 12.0 Å². The van der Waals surface area contributed by atoms with Crippen LogP contribution >= 0.6 is 0 Å². The molecule has 2 aromatic heterocycles. The molecule has 6 rings (SSSR count). The molecule has 2 aromatic carbocycles. The van der Waals surface area contributed by atoms with Crippen LogP contribution in [0.2, 0.25) is 0 Å². The number of rotatable bonds is 9. The molecule has 9 nitrogen and oxygen atoms in total. The van der Waals surface area contributed by atoms with Crippen molar-refractivity contribution in [3.05, 3.63) is 89.0 Å². The van der Waals surface area contributed by atoms with E-state index in [1.54, 1.807) is 16.6 Å². The molecule has 1 atom stereocenters. The molecule has 2 aliphatic rings. The number of aromatic nitrogens is 3. The average Bonchev–Trinajstić information content (AvgIpc) is 3.59. The number of benzene rings is 2. The van der Waals surface area contributed by atoms with Crippen LogP contribution in [0.1, 0.15) is 66.3 Å². The molecule has 0 spiro atoms. The Bertz CT molecular complexity index is 1730. The van der Waals surface area contributed by atoms with Gasteiger partial charge in [-0.3, -0.25) is 4.79 Å². The van der Waals surface area contributed by atoms with Gasteiger partial charge < -0.3 is 20.7 Å². The van der Waals surface area contributed by atoms with Gasteiger partial charge in [0.1, 0.15) is 17.6 Å². The molecule has 43 heavy (non-hydrogen) atoms. The lowest BCUT2D eigenvalue weighted by atomic mass is 9.98. The fourth-order valence-corrected chi connectivity index (χ4v) is 5.73. The average molecular weight is 583 g/mol. The van der Waals surface area contributed by atoms with Gasteiger partial charge in [-0.15, -0.1) is 0 Å². The summed E-state index contributed by atoms with van der Waals surface area (Å²) in [5.41, 5.74) is 11.9. The van der Waals surface area contributed by atoms with Gasteiger partial charge in [0.15, 0.2) is 5.65 Å². The summed E-state index contributed by atoms with van der Waals surface area (Å²) < 4.78 is 22.2. The fourth-order valence-electron chi connectivity index (χ4n) is 5.73. The van der Waals surface area contributed by atoms with Crippen molar-refractivity contribution >= 4 is 28.9 Å². The van der Waals surface area contributed by atoms with Crippen molar-refractivity contribution in [2.45, 2.75) is 51.6 Å². The van der Waals surface area contributed by atoms with Crippen molar-refractivity contribution in [1.29, 1.82) is 0 Å². The van der Waals surface area contributed by atoms with E-state index in [1.807, 2.05) is 36.1 Å². The number of anilines is 1. The Kier molecular flexibility index (Phi) is 7.84. The van der Waals surface area contributed by atoms with Crippen LogP contribution in [0.15, 0.2) is 60.7 Å². The number of ether oxygens (including phenoxy) is 1. The van der Waals surface area contributed by atoms with Crippen molar-refractivity contribution < 1.29 is 18.7 Å². The summed E-state index contributed by atoms with van der Waals surface area (Å²) in [5.74, 6) is -0.370. The molecule has 0 unspecified atom stereocenters. The van der Waals surface area contributed by atoms with E-state index in [1.165, 1.54) is 22.8 Å².